The summed E-state index contributed by atoms with van der Waals surface area (Å²) in [5.74, 6) is -0.216. The quantitative estimate of drug-likeness (QED) is 0.790. The molecule has 0 saturated heterocycles. The lowest BCUT2D eigenvalue weighted by Crippen LogP contribution is -2.25. The van der Waals surface area contributed by atoms with Crippen molar-refractivity contribution in [1.29, 1.82) is 0 Å². The Kier molecular flexibility index (Phi) is 4.05. The number of rotatable bonds is 3. The van der Waals surface area contributed by atoms with Gasteiger partial charge in [-0.3, -0.25) is 9.20 Å². The fourth-order valence-corrected chi connectivity index (χ4v) is 2.67. The van der Waals surface area contributed by atoms with Crippen LogP contribution in [0, 0.1) is 6.92 Å². The Morgan fingerprint density at radius 3 is 2.77 bits per heavy atom. The van der Waals surface area contributed by atoms with Gasteiger partial charge in [-0.25, -0.2) is 4.98 Å². The number of hydrogen-bond acceptors (Lipinski definition) is 2. The zero-order valence-electron chi connectivity index (χ0n) is 11.8. The van der Waals surface area contributed by atoms with Gasteiger partial charge in [0.25, 0.3) is 5.91 Å². The van der Waals surface area contributed by atoms with Crippen molar-refractivity contribution in [2.75, 3.05) is 0 Å². The minimum atomic E-state index is -0.216. The Morgan fingerprint density at radius 1 is 1.23 bits per heavy atom. The van der Waals surface area contributed by atoms with Gasteiger partial charge in [0.05, 0.1) is 10.7 Å². The number of carbonyl (C=O) groups excluding carboxylic acids is 1. The first-order valence-electron chi connectivity index (χ1n) is 6.72. The lowest BCUT2D eigenvalue weighted by Gasteiger charge is -2.07. The molecule has 0 unspecified atom stereocenters. The summed E-state index contributed by atoms with van der Waals surface area (Å²) < 4.78 is 1.69. The maximum atomic E-state index is 12.5. The van der Waals surface area contributed by atoms with Crippen LogP contribution in [0.2, 0.25) is 10.0 Å². The predicted octanol–water partition coefficient (Wildman–Crippen LogP) is 3.88. The third-order valence-electron chi connectivity index (χ3n) is 3.37. The second kappa shape index (κ2) is 5.99. The minimum absolute atomic E-state index is 0.216. The van der Waals surface area contributed by atoms with E-state index < -0.39 is 0 Å². The molecule has 0 aliphatic rings. The molecule has 1 amide bonds. The van der Waals surface area contributed by atoms with Gasteiger partial charge in [0.15, 0.2) is 0 Å². The molecule has 3 rings (SSSR count). The second-order valence-electron chi connectivity index (χ2n) is 4.90. The van der Waals surface area contributed by atoms with E-state index in [1.807, 2.05) is 18.2 Å². The summed E-state index contributed by atoms with van der Waals surface area (Å²) in [6.45, 7) is 2.15. The zero-order chi connectivity index (χ0) is 15.7. The highest BCUT2D eigenvalue weighted by molar-refractivity contribution is 6.31. The van der Waals surface area contributed by atoms with Crippen LogP contribution in [0.3, 0.4) is 0 Å². The predicted molar refractivity (Wildman–Crippen MR) is 87.6 cm³/mol. The number of halogens is 2. The molecule has 1 N–H and O–H groups in total. The summed E-state index contributed by atoms with van der Waals surface area (Å²) in [4.78, 5) is 16.8. The monoisotopic (exact) mass is 333 g/mol. The van der Waals surface area contributed by atoms with E-state index in [4.69, 9.17) is 23.2 Å². The standard InChI is InChI=1S/C16H13Cl2N3O/c1-10-15(21-9-12(17)6-7-14(21)20-10)16(22)19-8-11-4-2-3-5-13(11)18/h2-7,9H,8H2,1H3,(H,19,22). The van der Waals surface area contributed by atoms with Crippen LogP contribution in [0.4, 0.5) is 0 Å². The van der Waals surface area contributed by atoms with Crippen molar-refractivity contribution in [2.45, 2.75) is 13.5 Å². The highest BCUT2D eigenvalue weighted by Crippen LogP contribution is 2.17. The highest BCUT2D eigenvalue weighted by atomic mass is 35.5. The van der Waals surface area contributed by atoms with Gasteiger partial charge in [-0.05, 0) is 30.7 Å². The Bertz CT molecular complexity index is 858. The number of nitrogens with one attached hydrogen (secondary N) is 1. The van der Waals surface area contributed by atoms with Crippen molar-refractivity contribution in [3.05, 3.63) is 69.6 Å². The van der Waals surface area contributed by atoms with Crippen LogP contribution in [0.25, 0.3) is 5.65 Å². The van der Waals surface area contributed by atoms with E-state index in [2.05, 4.69) is 10.3 Å². The van der Waals surface area contributed by atoms with Gasteiger partial charge in [-0.15, -0.1) is 0 Å². The van der Waals surface area contributed by atoms with Crippen molar-refractivity contribution in [3.63, 3.8) is 0 Å². The molecule has 0 radical (unpaired) electrons. The first-order valence-corrected chi connectivity index (χ1v) is 7.47. The second-order valence-corrected chi connectivity index (χ2v) is 5.74. The normalized spacial score (nSPS) is 10.9. The number of imidazole rings is 1. The molecule has 0 fully saturated rings. The fraction of sp³-hybridized carbons (Fsp3) is 0.125. The molecule has 0 aliphatic carbocycles. The van der Waals surface area contributed by atoms with E-state index in [0.717, 1.165) is 5.56 Å². The SMILES string of the molecule is Cc1nc2ccc(Cl)cn2c1C(=O)NCc1ccccc1Cl. The maximum Gasteiger partial charge on any atom is 0.270 e. The lowest BCUT2D eigenvalue weighted by molar-refractivity contribution is 0.0944. The first-order chi connectivity index (χ1) is 10.6. The third-order valence-corrected chi connectivity index (χ3v) is 3.96. The van der Waals surface area contributed by atoms with Crippen molar-refractivity contribution >= 4 is 34.8 Å². The molecule has 3 aromatic rings. The van der Waals surface area contributed by atoms with Crippen LogP contribution < -0.4 is 5.32 Å². The Balaban J connectivity index is 1.88. The molecule has 2 heterocycles. The number of benzene rings is 1. The third kappa shape index (κ3) is 2.80. The molecule has 2 aromatic heterocycles. The highest BCUT2D eigenvalue weighted by Gasteiger charge is 2.16. The van der Waals surface area contributed by atoms with Crippen LogP contribution >= 0.6 is 23.2 Å². The van der Waals surface area contributed by atoms with E-state index in [1.54, 1.807) is 35.7 Å². The molecule has 0 atom stereocenters. The number of aryl methyl sites for hydroxylation is 1. The Morgan fingerprint density at radius 2 is 2.00 bits per heavy atom. The summed E-state index contributed by atoms with van der Waals surface area (Å²) in [6.07, 6.45) is 1.68. The van der Waals surface area contributed by atoms with Gasteiger partial charge < -0.3 is 5.32 Å². The van der Waals surface area contributed by atoms with Crippen molar-refractivity contribution in [2.24, 2.45) is 0 Å². The van der Waals surface area contributed by atoms with Crippen molar-refractivity contribution < 1.29 is 4.79 Å². The minimum Gasteiger partial charge on any atom is -0.347 e. The van der Waals surface area contributed by atoms with E-state index >= 15 is 0 Å². The van der Waals surface area contributed by atoms with Gasteiger partial charge in [-0.1, -0.05) is 41.4 Å². The first kappa shape index (κ1) is 14.9. The summed E-state index contributed by atoms with van der Waals surface area (Å²) in [5.41, 5.74) is 2.68. The van der Waals surface area contributed by atoms with Crippen LogP contribution in [0.1, 0.15) is 21.7 Å². The Hall–Kier alpha value is -2.04. The van der Waals surface area contributed by atoms with Crippen molar-refractivity contribution in [1.82, 2.24) is 14.7 Å². The van der Waals surface area contributed by atoms with Crippen LogP contribution in [-0.4, -0.2) is 15.3 Å². The lowest BCUT2D eigenvalue weighted by atomic mass is 10.2. The van der Waals surface area contributed by atoms with Gasteiger partial charge in [0, 0.05) is 17.8 Å². The topological polar surface area (TPSA) is 46.4 Å². The van der Waals surface area contributed by atoms with Gasteiger partial charge in [0.1, 0.15) is 11.3 Å². The summed E-state index contributed by atoms with van der Waals surface area (Å²) in [5, 5.41) is 4.04. The smallest absolute Gasteiger partial charge is 0.270 e. The molecule has 112 valence electrons. The number of carbonyl (C=O) groups is 1. The molecule has 22 heavy (non-hydrogen) atoms. The molecule has 0 bridgehead atoms. The van der Waals surface area contributed by atoms with Gasteiger partial charge in [-0.2, -0.15) is 0 Å². The number of aromatic nitrogens is 2. The molecular weight excluding hydrogens is 321 g/mol. The van der Waals surface area contributed by atoms with E-state index in [-0.39, 0.29) is 5.91 Å². The van der Waals surface area contributed by atoms with Crippen molar-refractivity contribution in [3.8, 4) is 0 Å². The van der Waals surface area contributed by atoms with Gasteiger partial charge in [0.2, 0.25) is 0 Å². The molecule has 0 spiro atoms. The van der Waals surface area contributed by atoms with Gasteiger partial charge >= 0.3 is 0 Å². The largest absolute Gasteiger partial charge is 0.347 e. The average molecular weight is 334 g/mol. The Labute approximate surface area is 137 Å². The maximum absolute atomic E-state index is 12.5. The van der Waals surface area contributed by atoms with E-state index in [1.165, 1.54) is 0 Å². The number of hydrogen-bond donors (Lipinski definition) is 1. The molecule has 1 aromatic carbocycles. The van der Waals surface area contributed by atoms with Crippen LogP contribution in [-0.2, 0) is 6.54 Å². The number of amides is 1. The average Bonchev–Trinajstić information content (AvgIpc) is 2.81. The number of pyridine rings is 1. The molecule has 0 saturated carbocycles. The molecule has 6 heteroatoms. The molecule has 0 aliphatic heterocycles. The molecule has 4 nitrogen and oxygen atoms in total. The number of nitrogens with zero attached hydrogens (tertiary/aromatic N) is 2. The van der Waals surface area contributed by atoms with Crippen LogP contribution in [0.15, 0.2) is 42.6 Å². The summed E-state index contributed by atoms with van der Waals surface area (Å²) >= 11 is 12.1. The molecular formula is C16H13Cl2N3O. The van der Waals surface area contributed by atoms with Crippen LogP contribution in [0.5, 0.6) is 0 Å². The summed E-state index contributed by atoms with van der Waals surface area (Å²) in [6, 6.07) is 10.9. The fourth-order valence-electron chi connectivity index (χ4n) is 2.31. The van der Waals surface area contributed by atoms with E-state index in [9.17, 15) is 4.79 Å². The summed E-state index contributed by atoms with van der Waals surface area (Å²) in [7, 11) is 0. The van der Waals surface area contributed by atoms with E-state index in [0.29, 0.717) is 33.6 Å². The zero-order valence-corrected chi connectivity index (χ0v) is 13.3. The number of fused-ring (bicyclic) bond motifs is 1.